The summed E-state index contributed by atoms with van der Waals surface area (Å²) in [6.45, 7) is 2.07. The molecule has 16 heavy (non-hydrogen) atoms. The normalized spacial score (nSPS) is 11.0. The second kappa shape index (κ2) is 4.68. The van der Waals surface area contributed by atoms with E-state index in [9.17, 15) is 4.39 Å². The molecule has 0 aliphatic carbocycles. The third-order valence-electron chi connectivity index (χ3n) is 2.38. The zero-order chi connectivity index (χ0) is 11.7. The van der Waals surface area contributed by atoms with E-state index in [1.807, 2.05) is 12.1 Å². The molecule has 0 fully saturated rings. The Morgan fingerprint density at radius 2 is 2.12 bits per heavy atom. The summed E-state index contributed by atoms with van der Waals surface area (Å²) in [5.41, 5.74) is 1.29. The largest absolute Gasteiger partial charge is 0.233 e. The van der Waals surface area contributed by atoms with Crippen LogP contribution in [-0.2, 0) is 6.42 Å². The molecule has 84 valence electrons. The van der Waals surface area contributed by atoms with E-state index in [1.165, 1.54) is 6.07 Å². The molecule has 0 aliphatic heterocycles. The van der Waals surface area contributed by atoms with Crippen LogP contribution in [0, 0.1) is 5.82 Å². The van der Waals surface area contributed by atoms with Crippen molar-refractivity contribution in [2.24, 2.45) is 0 Å². The van der Waals surface area contributed by atoms with Crippen molar-refractivity contribution in [1.82, 2.24) is 4.98 Å². The lowest BCUT2D eigenvalue weighted by Gasteiger charge is -2.06. The first-order valence-electron chi connectivity index (χ1n) is 5.06. The number of pyridine rings is 1. The minimum absolute atomic E-state index is 0.327. The molecule has 1 aromatic heterocycles. The van der Waals surface area contributed by atoms with Crippen LogP contribution in [0.5, 0.6) is 0 Å². The van der Waals surface area contributed by atoms with E-state index in [0.29, 0.717) is 15.1 Å². The van der Waals surface area contributed by atoms with Gasteiger partial charge in [0.2, 0.25) is 0 Å². The van der Waals surface area contributed by atoms with Crippen LogP contribution in [0.15, 0.2) is 22.7 Å². The lowest BCUT2D eigenvalue weighted by molar-refractivity contribution is 0.636. The number of hydrogen-bond donors (Lipinski definition) is 0. The Kier molecular flexibility index (Phi) is 3.45. The third-order valence-corrected chi connectivity index (χ3v) is 3.17. The summed E-state index contributed by atoms with van der Waals surface area (Å²) in [5, 5.41) is 1.18. The molecule has 1 heterocycles. The molecule has 0 aliphatic rings. The molecule has 0 amide bonds. The maximum Gasteiger partial charge on any atom is 0.150 e. The molecule has 0 spiro atoms. The fourth-order valence-electron chi connectivity index (χ4n) is 1.68. The minimum atomic E-state index is -0.352. The van der Waals surface area contributed by atoms with Gasteiger partial charge in [-0.3, -0.25) is 0 Å². The van der Waals surface area contributed by atoms with Crippen molar-refractivity contribution < 1.29 is 4.39 Å². The monoisotopic (exact) mass is 301 g/mol. The molecule has 1 aromatic carbocycles. The molecule has 4 heteroatoms. The first kappa shape index (κ1) is 11.8. The molecule has 2 aromatic rings. The Morgan fingerprint density at radius 3 is 2.81 bits per heavy atom. The molecule has 0 radical (unpaired) electrons. The van der Waals surface area contributed by atoms with Crippen molar-refractivity contribution in [3.63, 3.8) is 0 Å². The van der Waals surface area contributed by atoms with Crippen LogP contribution in [-0.4, -0.2) is 4.98 Å². The first-order chi connectivity index (χ1) is 7.61. The van der Waals surface area contributed by atoms with Crippen LogP contribution in [0.25, 0.3) is 10.9 Å². The van der Waals surface area contributed by atoms with Gasteiger partial charge in [-0.25, -0.2) is 9.37 Å². The molecule has 1 nitrogen and oxygen atoms in total. The highest BCUT2D eigenvalue weighted by molar-refractivity contribution is 9.10. The Bertz CT molecular complexity index is 542. The van der Waals surface area contributed by atoms with E-state index in [-0.39, 0.29) is 5.82 Å². The van der Waals surface area contributed by atoms with Gasteiger partial charge in [0, 0.05) is 9.86 Å². The fourth-order valence-corrected chi connectivity index (χ4v) is 2.36. The highest BCUT2D eigenvalue weighted by atomic mass is 79.9. The molecule has 0 N–H and O–H groups in total. The Balaban J connectivity index is 2.69. The first-order valence-corrected chi connectivity index (χ1v) is 6.23. The van der Waals surface area contributed by atoms with Gasteiger partial charge in [-0.1, -0.05) is 40.9 Å². The molecular weight excluding hydrogens is 292 g/mol. The summed E-state index contributed by atoms with van der Waals surface area (Å²) in [4.78, 5) is 4.10. The van der Waals surface area contributed by atoms with E-state index in [2.05, 4.69) is 27.8 Å². The van der Waals surface area contributed by atoms with Gasteiger partial charge in [-0.15, -0.1) is 0 Å². The molecule has 2 rings (SSSR count). The average molecular weight is 303 g/mol. The topological polar surface area (TPSA) is 12.9 Å². The Morgan fingerprint density at radius 1 is 1.38 bits per heavy atom. The molecule has 0 unspecified atom stereocenters. The summed E-state index contributed by atoms with van der Waals surface area (Å²) in [5.74, 6) is -0.352. The standard InChI is InChI=1S/C12H10BrClFN/c1-2-3-7-4-8-5-9(13)6-10(15)11(8)16-12(7)14/h4-6H,2-3H2,1H3. The summed E-state index contributed by atoms with van der Waals surface area (Å²) >= 11 is 9.27. The smallest absolute Gasteiger partial charge is 0.150 e. The SMILES string of the molecule is CCCc1cc2cc(Br)cc(F)c2nc1Cl. The second-order valence-corrected chi connectivity index (χ2v) is 4.92. The Hall–Kier alpha value is -0.670. The predicted molar refractivity (Wildman–Crippen MR) is 68.4 cm³/mol. The Labute approximate surface area is 107 Å². The van der Waals surface area contributed by atoms with Gasteiger partial charge in [-0.2, -0.15) is 0 Å². The third kappa shape index (κ3) is 2.20. The molecule has 0 saturated carbocycles. The summed E-state index contributed by atoms with van der Waals surface area (Å²) in [7, 11) is 0. The van der Waals surface area contributed by atoms with Crippen molar-refractivity contribution in [3.8, 4) is 0 Å². The maximum atomic E-state index is 13.6. The van der Waals surface area contributed by atoms with Crippen LogP contribution in [0.2, 0.25) is 5.15 Å². The molecular formula is C12H10BrClFN. The van der Waals surface area contributed by atoms with Gasteiger partial charge in [0.05, 0.1) is 0 Å². The van der Waals surface area contributed by atoms with Crippen molar-refractivity contribution >= 4 is 38.4 Å². The van der Waals surface area contributed by atoms with Gasteiger partial charge in [0.15, 0.2) is 5.82 Å². The number of aryl methyl sites for hydroxylation is 1. The minimum Gasteiger partial charge on any atom is -0.233 e. The zero-order valence-electron chi connectivity index (χ0n) is 8.73. The number of halogens is 3. The van der Waals surface area contributed by atoms with Gasteiger partial charge >= 0.3 is 0 Å². The van der Waals surface area contributed by atoms with Crippen LogP contribution < -0.4 is 0 Å². The van der Waals surface area contributed by atoms with E-state index in [0.717, 1.165) is 23.8 Å². The molecule has 0 saturated heterocycles. The van der Waals surface area contributed by atoms with Crippen molar-refractivity contribution in [3.05, 3.63) is 39.2 Å². The number of nitrogens with zero attached hydrogens (tertiary/aromatic N) is 1. The lowest BCUT2D eigenvalue weighted by atomic mass is 10.1. The number of fused-ring (bicyclic) bond motifs is 1. The highest BCUT2D eigenvalue weighted by Crippen LogP contribution is 2.26. The number of aromatic nitrogens is 1. The number of hydrogen-bond acceptors (Lipinski definition) is 1. The lowest BCUT2D eigenvalue weighted by Crippen LogP contribution is -1.92. The van der Waals surface area contributed by atoms with E-state index in [1.54, 1.807) is 0 Å². The van der Waals surface area contributed by atoms with Crippen LogP contribution in [0.4, 0.5) is 4.39 Å². The summed E-state index contributed by atoms with van der Waals surface area (Å²) < 4.78 is 14.3. The summed E-state index contributed by atoms with van der Waals surface area (Å²) in [6.07, 6.45) is 1.85. The van der Waals surface area contributed by atoms with Gasteiger partial charge in [0.1, 0.15) is 10.7 Å². The zero-order valence-corrected chi connectivity index (χ0v) is 11.1. The van der Waals surface area contributed by atoms with E-state index < -0.39 is 0 Å². The highest BCUT2D eigenvalue weighted by Gasteiger charge is 2.08. The van der Waals surface area contributed by atoms with Crippen molar-refractivity contribution in [2.75, 3.05) is 0 Å². The summed E-state index contributed by atoms with van der Waals surface area (Å²) in [6, 6.07) is 5.15. The van der Waals surface area contributed by atoms with Gasteiger partial charge in [-0.05, 0) is 30.2 Å². The van der Waals surface area contributed by atoms with E-state index in [4.69, 9.17) is 11.6 Å². The fraction of sp³-hybridized carbons (Fsp3) is 0.250. The predicted octanol–water partition coefficient (Wildman–Crippen LogP) is 4.74. The number of benzene rings is 1. The van der Waals surface area contributed by atoms with E-state index >= 15 is 0 Å². The average Bonchev–Trinajstić information content (AvgIpc) is 2.21. The van der Waals surface area contributed by atoms with Crippen LogP contribution in [0.3, 0.4) is 0 Å². The van der Waals surface area contributed by atoms with Gasteiger partial charge < -0.3 is 0 Å². The maximum absolute atomic E-state index is 13.6. The van der Waals surface area contributed by atoms with Crippen molar-refractivity contribution in [1.29, 1.82) is 0 Å². The van der Waals surface area contributed by atoms with Crippen LogP contribution in [0.1, 0.15) is 18.9 Å². The van der Waals surface area contributed by atoms with Crippen molar-refractivity contribution in [2.45, 2.75) is 19.8 Å². The molecule has 0 bridgehead atoms. The molecule has 0 atom stereocenters. The van der Waals surface area contributed by atoms with Crippen LogP contribution >= 0.6 is 27.5 Å². The second-order valence-electron chi connectivity index (χ2n) is 3.65. The quantitative estimate of drug-likeness (QED) is 0.730. The number of rotatable bonds is 2. The van der Waals surface area contributed by atoms with Gasteiger partial charge in [0.25, 0.3) is 0 Å².